The van der Waals surface area contributed by atoms with Gasteiger partial charge < -0.3 is 9.88 Å². The van der Waals surface area contributed by atoms with Gasteiger partial charge in [-0.15, -0.1) is 0 Å². The molecule has 2 aromatic heterocycles. The summed E-state index contributed by atoms with van der Waals surface area (Å²) in [6.07, 6.45) is 7.74. The lowest BCUT2D eigenvalue weighted by molar-refractivity contribution is -0.120. The Balaban J connectivity index is 1.09. The van der Waals surface area contributed by atoms with Gasteiger partial charge in [-0.1, -0.05) is 6.92 Å². The van der Waals surface area contributed by atoms with Gasteiger partial charge >= 0.3 is 0 Å². The van der Waals surface area contributed by atoms with Crippen LogP contribution in [0.25, 0.3) is 11.0 Å². The highest BCUT2D eigenvalue weighted by atomic mass is 19.2. The lowest BCUT2D eigenvalue weighted by Crippen LogP contribution is -2.24. The van der Waals surface area contributed by atoms with Gasteiger partial charge in [0, 0.05) is 35.7 Å². The topological polar surface area (TPSA) is 59.8 Å². The van der Waals surface area contributed by atoms with E-state index < -0.39 is 11.6 Å². The second kappa shape index (κ2) is 6.84. The first-order chi connectivity index (χ1) is 15.0. The number of halogens is 2. The molecule has 3 aliphatic carbocycles. The second-order valence-corrected chi connectivity index (χ2v) is 9.46. The molecule has 1 aromatic carbocycles. The lowest BCUT2D eigenvalue weighted by Gasteiger charge is -2.20. The van der Waals surface area contributed by atoms with E-state index in [4.69, 9.17) is 0 Å². The van der Waals surface area contributed by atoms with E-state index in [9.17, 15) is 13.6 Å². The Bertz CT molecular complexity index is 1160. The molecule has 3 aromatic rings. The third kappa shape index (κ3) is 3.22. The Morgan fingerprint density at radius 1 is 1.13 bits per heavy atom. The van der Waals surface area contributed by atoms with Crippen molar-refractivity contribution in [3.8, 4) is 0 Å². The molecule has 1 amide bonds. The highest BCUT2D eigenvalue weighted by Crippen LogP contribution is 2.64. The van der Waals surface area contributed by atoms with Crippen LogP contribution in [-0.2, 0) is 4.79 Å². The zero-order chi connectivity index (χ0) is 21.3. The summed E-state index contributed by atoms with van der Waals surface area (Å²) in [6, 6.07) is 6.56. The zero-order valence-corrected chi connectivity index (χ0v) is 17.3. The molecule has 0 aliphatic heterocycles. The number of fused-ring (bicyclic) bond motifs is 2. The highest BCUT2D eigenvalue weighted by molar-refractivity contribution is 5.92. The number of hydrogen-bond acceptors (Lipinski definition) is 3. The summed E-state index contributed by atoms with van der Waals surface area (Å²) in [5.41, 5.74) is 2.98. The molecule has 0 bridgehead atoms. The Labute approximate surface area is 178 Å². The van der Waals surface area contributed by atoms with Crippen molar-refractivity contribution in [2.24, 2.45) is 23.7 Å². The summed E-state index contributed by atoms with van der Waals surface area (Å²) in [7, 11) is 0. The summed E-state index contributed by atoms with van der Waals surface area (Å²) in [6.45, 7) is 2.00. The van der Waals surface area contributed by atoms with E-state index >= 15 is 0 Å². The van der Waals surface area contributed by atoms with Crippen LogP contribution >= 0.6 is 0 Å². The SMILES string of the molecule is CC(C(=O)Nc1ccc(C2CC2)nc1)[C@H]1[C@@H]2C[C@@H](n3cnc4cc(F)c(F)cc43)C[C@@H]21. The van der Waals surface area contributed by atoms with Crippen LogP contribution in [0.5, 0.6) is 0 Å². The Morgan fingerprint density at radius 3 is 2.55 bits per heavy atom. The molecule has 3 saturated carbocycles. The number of hydrogen-bond donors (Lipinski definition) is 1. The van der Waals surface area contributed by atoms with Crippen molar-refractivity contribution in [3.05, 3.63) is 54.1 Å². The average Bonchev–Trinajstić information content (AvgIpc) is 3.64. The van der Waals surface area contributed by atoms with Gasteiger partial charge in [-0.3, -0.25) is 9.78 Å². The summed E-state index contributed by atoms with van der Waals surface area (Å²) in [4.78, 5) is 21.5. The molecule has 1 N–H and O–H groups in total. The van der Waals surface area contributed by atoms with Crippen LogP contribution in [0.4, 0.5) is 14.5 Å². The smallest absolute Gasteiger partial charge is 0.227 e. The first kappa shape index (κ1) is 18.9. The predicted molar refractivity (Wildman–Crippen MR) is 112 cm³/mol. The van der Waals surface area contributed by atoms with Gasteiger partial charge in [0.05, 0.1) is 29.2 Å². The minimum Gasteiger partial charge on any atom is -0.327 e. The summed E-state index contributed by atoms with van der Waals surface area (Å²) in [5.74, 6) is 0.217. The van der Waals surface area contributed by atoms with Crippen molar-refractivity contribution in [1.29, 1.82) is 0 Å². The van der Waals surface area contributed by atoms with Gasteiger partial charge in [0.15, 0.2) is 11.6 Å². The maximum absolute atomic E-state index is 13.7. The van der Waals surface area contributed by atoms with Crippen LogP contribution in [0.1, 0.15) is 50.3 Å². The number of imidazole rings is 1. The van der Waals surface area contributed by atoms with E-state index in [0.29, 0.717) is 34.7 Å². The minimum absolute atomic E-state index is 0.0440. The van der Waals surface area contributed by atoms with Crippen LogP contribution in [0, 0.1) is 35.3 Å². The monoisotopic (exact) mass is 422 g/mol. The van der Waals surface area contributed by atoms with Crippen LogP contribution in [0.2, 0.25) is 0 Å². The van der Waals surface area contributed by atoms with E-state index in [1.807, 2.05) is 23.6 Å². The maximum Gasteiger partial charge on any atom is 0.227 e. The fraction of sp³-hybridized carbons (Fsp3) is 0.458. The molecule has 0 saturated heterocycles. The summed E-state index contributed by atoms with van der Waals surface area (Å²) >= 11 is 0. The van der Waals surface area contributed by atoms with Crippen molar-refractivity contribution < 1.29 is 13.6 Å². The molecule has 0 radical (unpaired) electrons. The molecule has 5 atom stereocenters. The fourth-order valence-corrected chi connectivity index (χ4v) is 5.68. The van der Waals surface area contributed by atoms with E-state index in [0.717, 1.165) is 30.3 Å². The number of benzene rings is 1. The van der Waals surface area contributed by atoms with Crippen molar-refractivity contribution in [2.45, 2.75) is 44.6 Å². The summed E-state index contributed by atoms with van der Waals surface area (Å²) < 4.78 is 29.2. The first-order valence-corrected chi connectivity index (χ1v) is 11.1. The van der Waals surface area contributed by atoms with Gasteiger partial charge in [0.25, 0.3) is 0 Å². The Hall–Kier alpha value is -2.83. The van der Waals surface area contributed by atoms with E-state index in [1.165, 1.54) is 18.9 Å². The van der Waals surface area contributed by atoms with E-state index in [2.05, 4.69) is 15.3 Å². The highest BCUT2D eigenvalue weighted by Gasteiger charge is 2.59. The molecule has 7 heteroatoms. The normalized spacial score (nSPS) is 27.8. The minimum atomic E-state index is -0.871. The van der Waals surface area contributed by atoms with Crippen LogP contribution in [-0.4, -0.2) is 20.4 Å². The molecule has 3 fully saturated rings. The van der Waals surface area contributed by atoms with Gasteiger partial charge in [-0.25, -0.2) is 13.8 Å². The van der Waals surface area contributed by atoms with Crippen molar-refractivity contribution in [2.75, 3.05) is 5.32 Å². The summed E-state index contributed by atoms with van der Waals surface area (Å²) in [5, 5.41) is 3.02. The molecule has 160 valence electrons. The second-order valence-electron chi connectivity index (χ2n) is 9.46. The van der Waals surface area contributed by atoms with Crippen molar-refractivity contribution in [3.63, 3.8) is 0 Å². The van der Waals surface area contributed by atoms with Gasteiger partial charge in [-0.05, 0) is 55.6 Å². The van der Waals surface area contributed by atoms with Crippen molar-refractivity contribution in [1.82, 2.24) is 14.5 Å². The molecule has 5 nitrogen and oxygen atoms in total. The van der Waals surface area contributed by atoms with Gasteiger partial charge in [0.1, 0.15) is 0 Å². The standard InChI is InChI=1S/C24H24F2N4O/c1-12(24(31)29-14-4-5-20(27-10-14)13-2-3-13)23-16-6-15(7-17(16)23)30-11-28-21-8-18(25)19(26)9-22(21)30/h4-5,8-13,15-17,23H,2-3,6-7H2,1H3,(H,29,31)/t12?,15-,16-,17+,23+. The third-order valence-corrected chi connectivity index (χ3v) is 7.54. The zero-order valence-electron chi connectivity index (χ0n) is 17.3. The fourth-order valence-electron chi connectivity index (χ4n) is 5.68. The first-order valence-electron chi connectivity index (χ1n) is 11.1. The number of nitrogens with one attached hydrogen (secondary N) is 1. The largest absolute Gasteiger partial charge is 0.327 e. The Morgan fingerprint density at radius 2 is 1.87 bits per heavy atom. The van der Waals surface area contributed by atoms with Gasteiger partial charge in [-0.2, -0.15) is 0 Å². The number of pyridine rings is 1. The number of carbonyl (C=O) groups excluding carboxylic acids is 1. The number of aromatic nitrogens is 3. The molecule has 6 rings (SSSR count). The number of amides is 1. The van der Waals surface area contributed by atoms with Gasteiger partial charge in [0.2, 0.25) is 5.91 Å². The third-order valence-electron chi connectivity index (χ3n) is 7.54. The molecular weight excluding hydrogens is 398 g/mol. The lowest BCUT2D eigenvalue weighted by atomic mass is 9.96. The molecule has 0 spiro atoms. The number of nitrogens with zero attached hydrogens (tertiary/aromatic N) is 3. The van der Waals surface area contributed by atoms with E-state index in [-0.39, 0.29) is 17.9 Å². The van der Waals surface area contributed by atoms with Crippen molar-refractivity contribution >= 4 is 22.6 Å². The quantitative estimate of drug-likeness (QED) is 0.625. The average molecular weight is 422 g/mol. The molecule has 1 unspecified atom stereocenters. The molecular formula is C24H24F2N4O. The van der Waals surface area contributed by atoms with E-state index in [1.54, 1.807) is 12.5 Å². The number of carbonyl (C=O) groups is 1. The maximum atomic E-state index is 13.7. The van der Waals surface area contributed by atoms with Crippen LogP contribution in [0.3, 0.4) is 0 Å². The number of anilines is 1. The van der Waals surface area contributed by atoms with Crippen LogP contribution < -0.4 is 5.32 Å². The van der Waals surface area contributed by atoms with Crippen LogP contribution in [0.15, 0.2) is 36.8 Å². The number of rotatable bonds is 5. The predicted octanol–water partition coefficient (Wildman–Crippen LogP) is 5.06. The molecule has 31 heavy (non-hydrogen) atoms. The Kier molecular flexibility index (Phi) is 4.17. The molecule has 2 heterocycles. The molecule has 3 aliphatic rings.